The van der Waals surface area contributed by atoms with E-state index in [4.69, 9.17) is 14.2 Å². The Kier molecular flexibility index (Phi) is 3.81. The number of carbonyl (C=O) groups excluding carboxylic acids is 2. The van der Waals surface area contributed by atoms with Crippen molar-refractivity contribution in [2.45, 2.75) is 109 Å². The van der Waals surface area contributed by atoms with Crippen molar-refractivity contribution in [3.05, 3.63) is 22.8 Å². The molecule has 8 rings (SSSR count). The Labute approximate surface area is 212 Å². The third-order valence-corrected chi connectivity index (χ3v) is 13.1. The predicted molar refractivity (Wildman–Crippen MR) is 129 cm³/mol. The fourth-order valence-electron chi connectivity index (χ4n) is 11.3. The minimum absolute atomic E-state index is 0.0206. The van der Waals surface area contributed by atoms with E-state index < -0.39 is 16.4 Å². The molecule has 2 bridgehead atoms. The highest BCUT2D eigenvalue weighted by atomic mass is 16.6. The van der Waals surface area contributed by atoms with Crippen molar-refractivity contribution in [1.82, 2.24) is 0 Å². The van der Waals surface area contributed by atoms with Crippen molar-refractivity contribution in [1.29, 1.82) is 0 Å². The van der Waals surface area contributed by atoms with Gasteiger partial charge in [-0.05, 0) is 84.1 Å². The Morgan fingerprint density at radius 2 is 1.83 bits per heavy atom. The van der Waals surface area contributed by atoms with Gasteiger partial charge in [0, 0.05) is 23.2 Å². The Morgan fingerprint density at radius 3 is 2.61 bits per heavy atom. The fourth-order valence-corrected chi connectivity index (χ4v) is 11.3. The van der Waals surface area contributed by atoms with Gasteiger partial charge in [-0.3, -0.25) is 9.59 Å². The van der Waals surface area contributed by atoms with Gasteiger partial charge < -0.3 is 19.3 Å². The number of carbonyl (C=O) groups is 2. The number of rotatable bonds is 0. The first kappa shape index (κ1) is 22.3. The molecule has 3 saturated heterocycles. The Bertz CT molecular complexity index is 1200. The summed E-state index contributed by atoms with van der Waals surface area (Å²) >= 11 is 0. The first-order valence-electron chi connectivity index (χ1n) is 14.2. The molecule has 5 aliphatic carbocycles. The standard InChI is InChI=1S/C30H38O6/c1-14-6-11-30-20(14)23-19(8-10-27(30,5)36-30)28(25(32)35-23)12-17-13-29(28)21(15(17)2)22-18(7-9-26(29,4)33)16(3)24(31)34-22/h6,16-20,22-23,33H,7-13H2,1-5H3/t16-,17+,18+,19-,20-,22-,23+,26+,27+,28+,29-,30-/m1/s1. The maximum absolute atomic E-state index is 14.4. The largest absolute Gasteiger partial charge is 0.461 e. The lowest BCUT2D eigenvalue weighted by molar-refractivity contribution is -0.169. The lowest BCUT2D eigenvalue weighted by Gasteiger charge is -2.54. The summed E-state index contributed by atoms with van der Waals surface area (Å²) in [5.41, 5.74) is 0.551. The van der Waals surface area contributed by atoms with Crippen molar-refractivity contribution in [3.63, 3.8) is 0 Å². The van der Waals surface area contributed by atoms with E-state index >= 15 is 0 Å². The van der Waals surface area contributed by atoms with E-state index in [1.54, 1.807) is 0 Å². The fraction of sp³-hybridized carbons (Fsp3) is 0.800. The van der Waals surface area contributed by atoms with Crippen molar-refractivity contribution in [3.8, 4) is 0 Å². The van der Waals surface area contributed by atoms with Crippen LogP contribution >= 0.6 is 0 Å². The number of aliphatic hydroxyl groups is 1. The second-order valence-electron chi connectivity index (χ2n) is 14.1. The van der Waals surface area contributed by atoms with E-state index in [1.165, 1.54) is 11.1 Å². The lowest BCUT2D eigenvalue weighted by atomic mass is 9.48. The molecular formula is C30H38O6. The van der Waals surface area contributed by atoms with Crippen LogP contribution in [-0.4, -0.2) is 46.1 Å². The zero-order valence-electron chi connectivity index (χ0n) is 22.1. The van der Waals surface area contributed by atoms with E-state index in [2.05, 4.69) is 26.8 Å². The number of epoxide rings is 1. The number of ether oxygens (including phenoxy) is 3. The highest BCUT2D eigenvalue weighted by Gasteiger charge is 2.84. The summed E-state index contributed by atoms with van der Waals surface area (Å²) in [7, 11) is 0. The van der Waals surface area contributed by atoms with Gasteiger partial charge in [-0.15, -0.1) is 0 Å². The minimum Gasteiger partial charge on any atom is -0.461 e. The molecule has 0 unspecified atom stereocenters. The Hall–Kier alpha value is -1.66. The molecule has 3 spiro atoms. The highest BCUT2D eigenvalue weighted by Crippen LogP contribution is 2.80. The first-order chi connectivity index (χ1) is 16.9. The molecule has 1 N–H and O–H groups in total. The SMILES string of the molecule is CC1=CC[C@]23O[C@@]2(C)CC[C@@H]2[C@H](OC(=O)[C@]24C[C@H]2C[C@]45C(=C2C)[C@@H]2OC(=O)[C@H](C)[C@@H]2CC[C@]5(C)O)[C@@H]13. The molecule has 6 heteroatoms. The number of hydrogen-bond donors (Lipinski definition) is 1. The van der Waals surface area contributed by atoms with Gasteiger partial charge in [0.25, 0.3) is 0 Å². The normalized spacial score (nSPS) is 59.9. The molecule has 3 heterocycles. The molecule has 8 aliphatic rings. The van der Waals surface area contributed by atoms with Gasteiger partial charge >= 0.3 is 11.9 Å². The smallest absolute Gasteiger partial charge is 0.313 e. The summed E-state index contributed by atoms with van der Waals surface area (Å²) in [6.45, 7) is 10.5. The zero-order valence-corrected chi connectivity index (χ0v) is 22.1. The van der Waals surface area contributed by atoms with Crippen LogP contribution in [0.5, 0.6) is 0 Å². The van der Waals surface area contributed by atoms with Crippen LogP contribution in [0.3, 0.4) is 0 Å². The van der Waals surface area contributed by atoms with Crippen LogP contribution in [0.2, 0.25) is 0 Å². The molecule has 0 aromatic heterocycles. The summed E-state index contributed by atoms with van der Waals surface area (Å²) < 4.78 is 19.1. The third-order valence-electron chi connectivity index (χ3n) is 13.1. The van der Waals surface area contributed by atoms with Gasteiger partial charge in [0.15, 0.2) is 0 Å². The van der Waals surface area contributed by atoms with Gasteiger partial charge in [-0.1, -0.05) is 24.1 Å². The van der Waals surface area contributed by atoms with E-state index in [-0.39, 0.29) is 64.9 Å². The predicted octanol–water partition coefficient (Wildman–Crippen LogP) is 4.25. The summed E-state index contributed by atoms with van der Waals surface area (Å²) in [5.74, 6) is -0.0883. The quantitative estimate of drug-likeness (QED) is 0.308. The molecule has 3 aliphatic heterocycles. The van der Waals surface area contributed by atoms with Crippen LogP contribution < -0.4 is 0 Å². The van der Waals surface area contributed by atoms with E-state index in [0.29, 0.717) is 6.42 Å². The van der Waals surface area contributed by atoms with Gasteiger partial charge in [0.1, 0.15) is 17.8 Å². The monoisotopic (exact) mass is 494 g/mol. The summed E-state index contributed by atoms with van der Waals surface area (Å²) in [6.07, 6.45) is 7.17. The minimum atomic E-state index is -1.08. The maximum atomic E-state index is 14.4. The second-order valence-corrected chi connectivity index (χ2v) is 14.1. The number of allylic oxidation sites excluding steroid dienone is 1. The van der Waals surface area contributed by atoms with Gasteiger partial charge in [-0.25, -0.2) is 0 Å². The molecular weight excluding hydrogens is 456 g/mol. The van der Waals surface area contributed by atoms with Gasteiger partial charge in [0.05, 0.1) is 22.5 Å². The Morgan fingerprint density at radius 1 is 1.06 bits per heavy atom. The van der Waals surface area contributed by atoms with Crippen molar-refractivity contribution in [2.24, 2.45) is 40.4 Å². The van der Waals surface area contributed by atoms with E-state index in [1.807, 2.05) is 13.8 Å². The van der Waals surface area contributed by atoms with Crippen LogP contribution in [0.25, 0.3) is 0 Å². The van der Waals surface area contributed by atoms with Crippen molar-refractivity contribution >= 4 is 11.9 Å². The van der Waals surface area contributed by atoms with Crippen LogP contribution in [0, 0.1) is 40.4 Å². The van der Waals surface area contributed by atoms with Crippen LogP contribution in [0.15, 0.2) is 22.8 Å². The van der Waals surface area contributed by atoms with Crippen molar-refractivity contribution < 1.29 is 28.9 Å². The van der Waals surface area contributed by atoms with E-state index in [9.17, 15) is 14.7 Å². The topological polar surface area (TPSA) is 85.4 Å². The third kappa shape index (κ3) is 2.02. The van der Waals surface area contributed by atoms with Crippen LogP contribution in [0.4, 0.5) is 0 Å². The molecule has 0 aromatic rings. The molecule has 0 amide bonds. The van der Waals surface area contributed by atoms with Crippen molar-refractivity contribution in [2.75, 3.05) is 0 Å². The van der Waals surface area contributed by atoms with E-state index in [0.717, 1.165) is 44.1 Å². The summed E-state index contributed by atoms with van der Waals surface area (Å²) in [5, 5.41) is 12.5. The average Bonchev–Trinajstić information content (AvgIpc) is 3.21. The zero-order chi connectivity index (χ0) is 25.2. The van der Waals surface area contributed by atoms with Gasteiger partial charge in [-0.2, -0.15) is 0 Å². The molecule has 6 nitrogen and oxygen atoms in total. The lowest BCUT2D eigenvalue weighted by Crippen LogP contribution is -2.60. The van der Waals surface area contributed by atoms with Gasteiger partial charge in [0.2, 0.25) is 0 Å². The molecule has 0 radical (unpaired) electrons. The highest BCUT2D eigenvalue weighted by molar-refractivity contribution is 5.85. The van der Waals surface area contributed by atoms with Crippen LogP contribution in [0.1, 0.15) is 79.6 Å². The second kappa shape index (κ2) is 6.14. The molecule has 194 valence electrons. The molecule has 3 saturated carbocycles. The molecule has 0 aromatic carbocycles. The molecule has 12 atom stereocenters. The summed E-state index contributed by atoms with van der Waals surface area (Å²) in [6, 6.07) is 0. The number of fused-ring (bicyclic) bond motifs is 6. The average molecular weight is 495 g/mol. The van der Waals surface area contributed by atoms with Crippen LogP contribution in [-0.2, 0) is 23.8 Å². The number of hydrogen-bond acceptors (Lipinski definition) is 6. The summed E-state index contributed by atoms with van der Waals surface area (Å²) in [4.78, 5) is 27.2. The molecule has 6 fully saturated rings. The maximum Gasteiger partial charge on any atom is 0.313 e. The first-order valence-corrected chi connectivity index (χ1v) is 14.2. The molecule has 36 heavy (non-hydrogen) atoms. The Balaban J connectivity index is 1.33. The number of esters is 2.